The summed E-state index contributed by atoms with van der Waals surface area (Å²) in [5, 5.41) is 0.921. The number of benzene rings is 1. The predicted molar refractivity (Wildman–Crippen MR) is 77.9 cm³/mol. The molecule has 0 saturated heterocycles. The number of rotatable bonds is 5. The van der Waals surface area contributed by atoms with E-state index >= 15 is 0 Å². The lowest BCUT2D eigenvalue weighted by Crippen LogP contribution is -2.27. The van der Waals surface area contributed by atoms with E-state index in [9.17, 15) is 4.79 Å². The van der Waals surface area contributed by atoms with Gasteiger partial charge in [0.05, 0.1) is 6.10 Å². The van der Waals surface area contributed by atoms with E-state index in [1.165, 1.54) is 0 Å². The molecule has 0 saturated carbocycles. The van der Waals surface area contributed by atoms with Crippen LogP contribution < -0.4 is 4.74 Å². The highest BCUT2D eigenvalue weighted by molar-refractivity contribution is 6.29. The number of carbonyl (C=O) groups is 1. The second-order valence-electron chi connectivity index (χ2n) is 4.42. The third kappa shape index (κ3) is 3.39. The van der Waals surface area contributed by atoms with E-state index in [1.54, 1.807) is 19.2 Å². The number of pyridine rings is 1. The van der Waals surface area contributed by atoms with Crippen LogP contribution in [0.5, 0.6) is 5.75 Å². The minimum atomic E-state index is -1.18. The Bertz CT molecular complexity index is 597. The molecule has 2 unspecified atom stereocenters. The number of nitrogens with zero attached hydrogens (tertiary/aromatic N) is 1. The molecule has 20 heavy (non-hydrogen) atoms. The van der Waals surface area contributed by atoms with Crippen LogP contribution in [0.3, 0.4) is 0 Å². The quantitative estimate of drug-likeness (QED) is 0.625. The van der Waals surface area contributed by atoms with Gasteiger partial charge in [0, 0.05) is 11.6 Å². The SMILES string of the molecule is CCC(C)OC(=O)C(Cl)Oc1cccc2cccnc12. The number of alkyl halides is 1. The monoisotopic (exact) mass is 293 g/mol. The molecule has 1 aromatic carbocycles. The molecular formula is C15H16ClNO3. The van der Waals surface area contributed by atoms with E-state index < -0.39 is 11.5 Å². The molecule has 0 spiro atoms. The van der Waals surface area contributed by atoms with E-state index in [-0.39, 0.29) is 6.10 Å². The van der Waals surface area contributed by atoms with Crippen molar-refractivity contribution in [2.24, 2.45) is 0 Å². The van der Waals surface area contributed by atoms with Crippen molar-refractivity contribution < 1.29 is 14.3 Å². The van der Waals surface area contributed by atoms with Gasteiger partial charge in [-0.25, -0.2) is 4.79 Å². The summed E-state index contributed by atoms with van der Waals surface area (Å²) >= 11 is 5.94. The molecule has 1 heterocycles. The summed E-state index contributed by atoms with van der Waals surface area (Å²) in [6.45, 7) is 3.73. The second kappa shape index (κ2) is 6.57. The standard InChI is InChI=1S/C15H16ClNO3/c1-3-10(2)19-15(18)14(16)20-12-8-4-6-11-7-5-9-17-13(11)12/h4-10,14H,3H2,1-2H3. The molecule has 4 nitrogen and oxygen atoms in total. The largest absolute Gasteiger partial charge is 0.461 e. The lowest BCUT2D eigenvalue weighted by molar-refractivity contribution is -0.152. The van der Waals surface area contributed by atoms with Gasteiger partial charge in [-0.05, 0) is 25.5 Å². The highest BCUT2D eigenvalue weighted by Crippen LogP contribution is 2.25. The summed E-state index contributed by atoms with van der Waals surface area (Å²) in [6.07, 6.45) is 2.21. The van der Waals surface area contributed by atoms with E-state index in [0.717, 1.165) is 11.8 Å². The van der Waals surface area contributed by atoms with Gasteiger partial charge in [-0.1, -0.05) is 36.7 Å². The molecule has 0 N–H and O–H groups in total. The van der Waals surface area contributed by atoms with E-state index in [4.69, 9.17) is 21.1 Å². The molecule has 2 aromatic rings. The Labute approximate surface area is 122 Å². The molecule has 106 valence electrons. The number of halogens is 1. The maximum atomic E-state index is 11.8. The number of hydrogen-bond donors (Lipinski definition) is 0. The summed E-state index contributed by atoms with van der Waals surface area (Å²) in [5.74, 6) is -0.127. The molecule has 2 atom stereocenters. The van der Waals surface area contributed by atoms with Crippen molar-refractivity contribution in [2.45, 2.75) is 31.9 Å². The maximum Gasteiger partial charge on any atom is 0.363 e. The molecule has 0 radical (unpaired) electrons. The van der Waals surface area contributed by atoms with Gasteiger partial charge in [0.2, 0.25) is 0 Å². The summed E-state index contributed by atoms with van der Waals surface area (Å²) in [6, 6.07) is 9.21. The number of carbonyl (C=O) groups excluding carboxylic acids is 1. The lowest BCUT2D eigenvalue weighted by Gasteiger charge is -2.16. The van der Waals surface area contributed by atoms with Crippen LogP contribution in [-0.2, 0) is 9.53 Å². The zero-order chi connectivity index (χ0) is 14.5. The second-order valence-corrected chi connectivity index (χ2v) is 4.82. The minimum Gasteiger partial charge on any atom is -0.461 e. The lowest BCUT2D eigenvalue weighted by atomic mass is 10.2. The highest BCUT2D eigenvalue weighted by Gasteiger charge is 2.21. The van der Waals surface area contributed by atoms with E-state index in [2.05, 4.69) is 4.98 Å². The first-order chi connectivity index (χ1) is 9.61. The molecule has 1 aromatic heterocycles. The average Bonchev–Trinajstić information content (AvgIpc) is 2.47. The Kier molecular flexibility index (Phi) is 4.79. The van der Waals surface area contributed by atoms with E-state index in [0.29, 0.717) is 11.3 Å². The number of ether oxygens (including phenoxy) is 2. The number of hydrogen-bond acceptors (Lipinski definition) is 4. The maximum absolute atomic E-state index is 11.8. The summed E-state index contributed by atoms with van der Waals surface area (Å²) < 4.78 is 10.6. The van der Waals surface area contributed by atoms with Gasteiger partial charge < -0.3 is 9.47 Å². The first-order valence-corrected chi connectivity index (χ1v) is 6.90. The number of esters is 1. The van der Waals surface area contributed by atoms with Crippen molar-refractivity contribution in [2.75, 3.05) is 0 Å². The number of para-hydroxylation sites is 1. The van der Waals surface area contributed by atoms with E-state index in [1.807, 2.05) is 31.2 Å². The molecular weight excluding hydrogens is 278 g/mol. The Balaban J connectivity index is 2.14. The predicted octanol–water partition coefficient (Wildman–Crippen LogP) is 3.52. The molecule has 0 aliphatic carbocycles. The fourth-order valence-corrected chi connectivity index (χ4v) is 1.81. The van der Waals surface area contributed by atoms with Crippen LogP contribution in [0.15, 0.2) is 36.5 Å². The van der Waals surface area contributed by atoms with Crippen LogP contribution >= 0.6 is 11.6 Å². The van der Waals surface area contributed by atoms with Crippen molar-refractivity contribution >= 4 is 28.5 Å². The molecule has 0 amide bonds. The molecule has 0 bridgehead atoms. The van der Waals surface area contributed by atoms with Crippen LogP contribution in [0.1, 0.15) is 20.3 Å². The third-order valence-corrected chi connectivity index (χ3v) is 3.17. The Morgan fingerprint density at radius 1 is 1.35 bits per heavy atom. The molecule has 5 heteroatoms. The van der Waals surface area contributed by atoms with Gasteiger partial charge in [-0.2, -0.15) is 0 Å². The van der Waals surface area contributed by atoms with Crippen LogP contribution in [0.4, 0.5) is 0 Å². The first kappa shape index (κ1) is 14.6. The fraction of sp³-hybridized carbons (Fsp3) is 0.333. The van der Waals surface area contributed by atoms with Crippen molar-refractivity contribution in [3.05, 3.63) is 36.5 Å². The van der Waals surface area contributed by atoms with Gasteiger partial charge in [-0.3, -0.25) is 4.98 Å². The summed E-state index contributed by atoms with van der Waals surface area (Å²) in [4.78, 5) is 16.0. The molecule has 0 fully saturated rings. The van der Waals surface area contributed by atoms with Crippen molar-refractivity contribution in [3.8, 4) is 5.75 Å². The minimum absolute atomic E-state index is 0.182. The average molecular weight is 294 g/mol. The Hall–Kier alpha value is -1.81. The third-order valence-electron chi connectivity index (χ3n) is 2.90. The Morgan fingerprint density at radius 3 is 2.85 bits per heavy atom. The smallest absolute Gasteiger partial charge is 0.363 e. The topological polar surface area (TPSA) is 48.4 Å². The first-order valence-electron chi connectivity index (χ1n) is 6.46. The number of fused-ring (bicyclic) bond motifs is 1. The van der Waals surface area contributed by atoms with Gasteiger partial charge in [-0.15, -0.1) is 0 Å². The number of aromatic nitrogens is 1. The molecule has 0 aliphatic rings. The van der Waals surface area contributed by atoms with Crippen LogP contribution in [-0.4, -0.2) is 22.6 Å². The van der Waals surface area contributed by atoms with Gasteiger partial charge in [0.25, 0.3) is 5.56 Å². The van der Waals surface area contributed by atoms with Crippen molar-refractivity contribution in [3.63, 3.8) is 0 Å². The highest BCUT2D eigenvalue weighted by atomic mass is 35.5. The van der Waals surface area contributed by atoms with Crippen LogP contribution in [0.25, 0.3) is 10.9 Å². The van der Waals surface area contributed by atoms with Gasteiger partial charge >= 0.3 is 5.97 Å². The molecule has 2 rings (SSSR count). The zero-order valence-corrected chi connectivity index (χ0v) is 12.1. The van der Waals surface area contributed by atoms with Gasteiger partial charge in [0.1, 0.15) is 11.3 Å². The summed E-state index contributed by atoms with van der Waals surface area (Å²) in [5.41, 5.74) is -0.520. The van der Waals surface area contributed by atoms with Crippen LogP contribution in [0.2, 0.25) is 0 Å². The van der Waals surface area contributed by atoms with Gasteiger partial charge in [0.15, 0.2) is 0 Å². The summed E-state index contributed by atoms with van der Waals surface area (Å²) in [7, 11) is 0. The normalized spacial score (nSPS) is 13.8. The van der Waals surface area contributed by atoms with Crippen molar-refractivity contribution in [1.82, 2.24) is 4.98 Å². The van der Waals surface area contributed by atoms with Crippen molar-refractivity contribution in [1.29, 1.82) is 0 Å². The molecule has 0 aliphatic heterocycles. The Morgan fingerprint density at radius 2 is 2.10 bits per heavy atom. The fourth-order valence-electron chi connectivity index (χ4n) is 1.67. The van der Waals surface area contributed by atoms with Crippen LogP contribution in [0, 0.1) is 0 Å². The zero-order valence-electron chi connectivity index (χ0n) is 11.4.